The summed E-state index contributed by atoms with van der Waals surface area (Å²) in [6.45, 7) is 1.21. The molecule has 0 bridgehead atoms. The third-order valence-corrected chi connectivity index (χ3v) is 1.64. The standard InChI is InChI=1S/C9H15N3O.3ClH/c10-4-1-5-13-9-3-2-7(11)6-8(9)12;;;/h2-3,6H,1,4-5,10-12H2;3*1H. The first-order chi connectivity index (χ1) is 6.24. The van der Waals surface area contributed by atoms with Crippen LogP contribution in [0.25, 0.3) is 0 Å². The maximum atomic E-state index is 5.67. The molecular weight excluding hydrogens is 272 g/mol. The van der Waals surface area contributed by atoms with Gasteiger partial charge in [-0.2, -0.15) is 0 Å². The Kier molecular flexibility index (Phi) is 14.2. The van der Waals surface area contributed by atoms with E-state index in [1.807, 2.05) is 0 Å². The molecule has 4 nitrogen and oxygen atoms in total. The Bertz CT molecular complexity index is 287. The van der Waals surface area contributed by atoms with Crippen molar-refractivity contribution >= 4 is 48.6 Å². The van der Waals surface area contributed by atoms with Gasteiger partial charge in [-0.15, -0.1) is 37.2 Å². The number of anilines is 2. The highest BCUT2D eigenvalue weighted by molar-refractivity contribution is 5.86. The largest absolute Gasteiger partial charge is 0.491 e. The van der Waals surface area contributed by atoms with Crippen LogP contribution in [0.2, 0.25) is 0 Å². The van der Waals surface area contributed by atoms with Crippen LogP contribution in [0.5, 0.6) is 5.75 Å². The van der Waals surface area contributed by atoms with Crippen LogP contribution >= 0.6 is 37.2 Å². The summed E-state index contributed by atoms with van der Waals surface area (Å²) in [6.07, 6.45) is 0.823. The van der Waals surface area contributed by atoms with Gasteiger partial charge in [0.2, 0.25) is 0 Å². The molecule has 1 aromatic carbocycles. The maximum absolute atomic E-state index is 5.67. The Morgan fingerprint density at radius 2 is 1.69 bits per heavy atom. The van der Waals surface area contributed by atoms with Gasteiger partial charge in [0, 0.05) is 5.69 Å². The van der Waals surface area contributed by atoms with E-state index in [1.54, 1.807) is 18.2 Å². The summed E-state index contributed by atoms with van der Waals surface area (Å²) in [5.74, 6) is 0.669. The van der Waals surface area contributed by atoms with Crippen LogP contribution in [0.3, 0.4) is 0 Å². The molecule has 0 spiro atoms. The second-order valence-electron chi connectivity index (χ2n) is 2.79. The summed E-state index contributed by atoms with van der Waals surface area (Å²) in [6, 6.07) is 5.20. The fourth-order valence-corrected chi connectivity index (χ4v) is 0.964. The highest BCUT2D eigenvalue weighted by atomic mass is 35.5. The summed E-state index contributed by atoms with van der Waals surface area (Å²) in [4.78, 5) is 0. The Labute approximate surface area is 114 Å². The molecule has 0 aromatic heterocycles. The molecule has 0 aliphatic carbocycles. The van der Waals surface area contributed by atoms with Crippen LogP contribution in [0.1, 0.15) is 6.42 Å². The zero-order chi connectivity index (χ0) is 9.68. The van der Waals surface area contributed by atoms with Crippen molar-refractivity contribution in [2.24, 2.45) is 5.73 Å². The summed E-state index contributed by atoms with van der Waals surface area (Å²) < 4.78 is 5.37. The minimum atomic E-state index is 0. The molecule has 0 heterocycles. The third kappa shape index (κ3) is 6.85. The first-order valence-corrected chi connectivity index (χ1v) is 4.22. The van der Waals surface area contributed by atoms with E-state index in [1.165, 1.54) is 0 Å². The van der Waals surface area contributed by atoms with E-state index in [4.69, 9.17) is 21.9 Å². The van der Waals surface area contributed by atoms with E-state index in [-0.39, 0.29) is 37.2 Å². The van der Waals surface area contributed by atoms with Gasteiger partial charge in [-0.05, 0) is 31.2 Å². The van der Waals surface area contributed by atoms with Crippen molar-refractivity contribution in [3.63, 3.8) is 0 Å². The molecule has 0 atom stereocenters. The van der Waals surface area contributed by atoms with Crippen LogP contribution in [0, 0.1) is 0 Å². The summed E-state index contributed by atoms with van der Waals surface area (Å²) in [5.41, 5.74) is 17.7. The fraction of sp³-hybridized carbons (Fsp3) is 0.333. The number of nitrogens with two attached hydrogens (primary N) is 3. The highest BCUT2D eigenvalue weighted by Gasteiger charge is 1.99. The van der Waals surface area contributed by atoms with Crippen LogP contribution < -0.4 is 21.9 Å². The Balaban J connectivity index is -0.000000563. The van der Waals surface area contributed by atoms with Gasteiger partial charge in [-0.1, -0.05) is 0 Å². The van der Waals surface area contributed by atoms with Crippen molar-refractivity contribution in [2.75, 3.05) is 24.6 Å². The SMILES string of the molecule is Cl.Cl.Cl.NCCCOc1ccc(N)cc1N. The van der Waals surface area contributed by atoms with Gasteiger partial charge in [0.15, 0.2) is 0 Å². The molecule has 0 saturated heterocycles. The van der Waals surface area contributed by atoms with Crippen LogP contribution in [-0.2, 0) is 0 Å². The smallest absolute Gasteiger partial charge is 0.142 e. The van der Waals surface area contributed by atoms with Gasteiger partial charge >= 0.3 is 0 Å². The van der Waals surface area contributed by atoms with Gasteiger partial charge in [0.25, 0.3) is 0 Å². The van der Waals surface area contributed by atoms with Gasteiger partial charge < -0.3 is 21.9 Å². The fourth-order valence-electron chi connectivity index (χ4n) is 0.964. The van der Waals surface area contributed by atoms with Crippen molar-refractivity contribution in [2.45, 2.75) is 6.42 Å². The number of rotatable bonds is 4. The van der Waals surface area contributed by atoms with E-state index in [0.717, 1.165) is 6.42 Å². The van der Waals surface area contributed by atoms with Crippen molar-refractivity contribution in [3.8, 4) is 5.75 Å². The maximum Gasteiger partial charge on any atom is 0.142 e. The molecule has 0 fully saturated rings. The molecule has 7 heteroatoms. The monoisotopic (exact) mass is 289 g/mol. The molecule has 0 saturated carbocycles. The average molecular weight is 291 g/mol. The topological polar surface area (TPSA) is 87.3 Å². The second-order valence-corrected chi connectivity index (χ2v) is 2.79. The number of halogens is 3. The van der Waals surface area contributed by atoms with E-state index in [9.17, 15) is 0 Å². The van der Waals surface area contributed by atoms with Crippen molar-refractivity contribution < 1.29 is 4.74 Å². The van der Waals surface area contributed by atoms with Gasteiger partial charge in [0.1, 0.15) is 5.75 Å². The molecule has 1 aromatic rings. The molecular formula is C9H18Cl3N3O. The molecule has 16 heavy (non-hydrogen) atoms. The second kappa shape index (κ2) is 11.0. The van der Waals surface area contributed by atoms with E-state index in [2.05, 4.69) is 0 Å². The van der Waals surface area contributed by atoms with Gasteiger partial charge in [0.05, 0.1) is 12.3 Å². The minimum absolute atomic E-state index is 0. The molecule has 0 aliphatic heterocycles. The molecule has 96 valence electrons. The molecule has 0 radical (unpaired) electrons. The normalized spacial score (nSPS) is 8.06. The third-order valence-electron chi connectivity index (χ3n) is 1.64. The first kappa shape index (κ1) is 20.8. The molecule has 1 rings (SSSR count). The minimum Gasteiger partial charge on any atom is -0.491 e. The summed E-state index contributed by atoms with van der Waals surface area (Å²) >= 11 is 0. The molecule has 0 amide bonds. The first-order valence-electron chi connectivity index (χ1n) is 4.22. The van der Waals surface area contributed by atoms with Gasteiger partial charge in [-0.25, -0.2) is 0 Å². The molecule has 0 unspecified atom stereocenters. The lowest BCUT2D eigenvalue weighted by Gasteiger charge is -2.08. The Hall–Kier alpha value is -0.550. The van der Waals surface area contributed by atoms with Crippen molar-refractivity contribution in [1.29, 1.82) is 0 Å². The van der Waals surface area contributed by atoms with Gasteiger partial charge in [-0.3, -0.25) is 0 Å². The summed E-state index contributed by atoms with van der Waals surface area (Å²) in [5, 5.41) is 0. The Morgan fingerprint density at radius 3 is 2.19 bits per heavy atom. The summed E-state index contributed by atoms with van der Waals surface area (Å²) in [7, 11) is 0. The zero-order valence-corrected chi connectivity index (χ0v) is 11.2. The van der Waals surface area contributed by atoms with E-state index in [0.29, 0.717) is 30.3 Å². The van der Waals surface area contributed by atoms with Crippen molar-refractivity contribution in [3.05, 3.63) is 18.2 Å². The number of hydrogen-bond acceptors (Lipinski definition) is 4. The number of nitrogen functional groups attached to an aromatic ring is 2. The Morgan fingerprint density at radius 1 is 1.06 bits per heavy atom. The lowest BCUT2D eigenvalue weighted by molar-refractivity contribution is 0.315. The molecule has 6 N–H and O–H groups in total. The lowest BCUT2D eigenvalue weighted by Crippen LogP contribution is -2.07. The van der Waals surface area contributed by atoms with E-state index < -0.39 is 0 Å². The lowest BCUT2D eigenvalue weighted by atomic mass is 10.2. The number of benzene rings is 1. The number of hydrogen-bond donors (Lipinski definition) is 3. The zero-order valence-electron chi connectivity index (χ0n) is 8.72. The van der Waals surface area contributed by atoms with Crippen LogP contribution in [0.4, 0.5) is 11.4 Å². The van der Waals surface area contributed by atoms with Crippen molar-refractivity contribution in [1.82, 2.24) is 0 Å². The predicted molar refractivity (Wildman–Crippen MR) is 76.2 cm³/mol. The van der Waals surface area contributed by atoms with Crippen LogP contribution in [-0.4, -0.2) is 13.2 Å². The quantitative estimate of drug-likeness (QED) is 0.583. The number of ether oxygens (including phenoxy) is 1. The highest BCUT2D eigenvalue weighted by Crippen LogP contribution is 2.23. The van der Waals surface area contributed by atoms with Crippen LogP contribution in [0.15, 0.2) is 18.2 Å². The van der Waals surface area contributed by atoms with E-state index >= 15 is 0 Å². The molecule has 0 aliphatic rings. The average Bonchev–Trinajstić information content (AvgIpc) is 2.09. The predicted octanol–water partition coefficient (Wildman–Crippen LogP) is 1.84.